The number of nitrogens with zero attached hydrogens (tertiary/aromatic N) is 1. The molecule has 0 aliphatic carbocycles. The number of carbonyl (C=O) groups excluding carboxylic acids is 1. The average Bonchev–Trinajstić information content (AvgIpc) is 2.51. The second-order valence-corrected chi connectivity index (χ2v) is 4.36. The standard InChI is InChI=1S/C16H12N2O2/c19-15-13(9-8-11-7-4-10-17-14(11)15)18-16(20)12-5-2-1-3-6-12/h1-10,19H,(H,18,20). The van der Waals surface area contributed by atoms with Gasteiger partial charge in [0.05, 0.1) is 5.69 Å². The number of pyridine rings is 1. The monoisotopic (exact) mass is 264 g/mol. The minimum atomic E-state index is -0.267. The lowest BCUT2D eigenvalue weighted by Gasteiger charge is -2.09. The van der Waals surface area contributed by atoms with Crippen molar-refractivity contribution < 1.29 is 9.90 Å². The number of carbonyl (C=O) groups is 1. The van der Waals surface area contributed by atoms with Crippen LogP contribution < -0.4 is 5.32 Å². The molecule has 20 heavy (non-hydrogen) atoms. The highest BCUT2D eigenvalue weighted by Gasteiger charge is 2.11. The Morgan fingerprint density at radius 1 is 1.00 bits per heavy atom. The Labute approximate surface area is 115 Å². The van der Waals surface area contributed by atoms with Gasteiger partial charge >= 0.3 is 0 Å². The number of anilines is 1. The minimum absolute atomic E-state index is 0.0209. The number of hydrogen-bond donors (Lipinski definition) is 2. The van der Waals surface area contributed by atoms with Crippen molar-refractivity contribution in [1.82, 2.24) is 4.98 Å². The van der Waals surface area contributed by atoms with E-state index in [1.165, 1.54) is 0 Å². The molecule has 3 aromatic rings. The van der Waals surface area contributed by atoms with Crippen LogP contribution in [0.25, 0.3) is 10.9 Å². The molecule has 1 aromatic heterocycles. The van der Waals surface area contributed by atoms with Crippen molar-refractivity contribution in [3.63, 3.8) is 0 Å². The predicted octanol–water partition coefficient (Wildman–Crippen LogP) is 3.19. The summed E-state index contributed by atoms with van der Waals surface area (Å²) >= 11 is 0. The van der Waals surface area contributed by atoms with E-state index in [1.807, 2.05) is 18.2 Å². The second-order valence-electron chi connectivity index (χ2n) is 4.36. The molecule has 0 aliphatic rings. The zero-order chi connectivity index (χ0) is 13.9. The Hall–Kier alpha value is -2.88. The molecule has 2 N–H and O–H groups in total. The first kappa shape index (κ1) is 12.2. The van der Waals surface area contributed by atoms with Crippen LogP contribution in [-0.2, 0) is 0 Å². The summed E-state index contributed by atoms with van der Waals surface area (Å²) in [6.45, 7) is 0. The molecular weight excluding hydrogens is 252 g/mol. The summed E-state index contributed by atoms with van der Waals surface area (Å²) in [7, 11) is 0. The van der Waals surface area contributed by atoms with E-state index in [9.17, 15) is 9.90 Å². The fraction of sp³-hybridized carbons (Fsp3) is 0. The molecule has 98 valence electrons. The third-order valence-electron chi connectivity index (χ3n) is 3.03. The molecule has 4 nitrogen and oxygen atoms in total. The van der Waals surface area contributed by atoms with Crippen LogP contribution in [0.4, 0.5) is 5.69 Å². The molecule has 1 heterocycles. The fourth-order valence-electron chi connectivity index (χ4n) is 2.01. The topological polar surface area (TPSA) is 62.2 Å². The lowest BCUT2D eigenvalue weighted by Crippen LogP contribution is -2.11. The molecule has 4 heteroatoms. The Morgan fingerprint density at radius 3 is 2.60 bits per heavy atom. The van der Waals surface area contributed by atoms with Crippen LogP contribution in [0.15, 0.2) is 60.8 Å². The van der Waals surface area contributed by atoms with Gasteiger partial charge in [-0.3, -0.25) is 9.78 Å². The minimum Gasteiger partial charge on any atom is -0.504 e. The van der Waals surface area contributed by atoms with Crippen LogP contribution >= 0.6 is 0 Å². The van der Waals surface area contributed by atoms with E-state index in [2.05, 4.69) is 10.3 Å². The van der Waals surface area contributed by atoms with Gasteiger partial charge in [-0.15, -0.1) is 0 Å². The molecule has 2 aromatic carbocycles. The number of phenolic OH excluding ortho intramolecular Hbond substituents is 1. The third kappa shape index (κ3) is 2.19. The smallest absolute Gasteiger partial charge is 0.255 e. The first-order chi connectivity index (χ1) is 9.75. The zero-order valence-corrected chi connectivity index (χ0v) is 10.6. The maximum atomic E-state index is 12.1. The Morgan fingerprint density at radius 2 is 1.80 bits per heavy atom. The average molecular weight is 264 g/mol. The Bertz CT molecular complexity index is 770. The number of rotatable bonds is 2. The number of phenols is 1. The summed E-state index contributed by atoms with van der Waals surface area (Å²) in [6, 6.07) is 16.0. The van der Waals surface area contributed by atoms with Crippen molar-refractivity contribution in [2.24, 2.45) is 0 Å². The van der Waals surface area contributed by atoms with Gasteiger partial charge in [-0.25, -0.2) is 0 Å². The molecule has 3 rings (SSSR count). The van der Waals surface area contributed by atoms with E-state index in [0.717, 1.165) is 5.39 Å². The normalized spacial score (nSPS) is 10.4. The SMILES string of the molecule is O=C(Nc1ccc2cccnc2c1O)c1ccccc1. The van der Waals surface area contributed by atoms with Crippen molar-refractivity contribution in [2.45, 2.75) is 0 Å². The molecule has 0 aliphatic heterocycles. The summed E-state index contributed by atoms with van der Waals surface area (Å²) < 4.78 is 0. The number of aromatic nitrogens is 1. The van der Waals surface area contributed by atoms with Crippen LogP contribution in [0.1, 0.15) is 10.4 Å². The van der Waals surface area contributed by atoms with Crippen molar-refractivity contribution in [2.75, 3.05) is 5.32 Å². The van der Waals surface area contributed by atoms with Gasteiger partial charge in [0.1, 0.15) is 5.52 Å². The summed E-state index contributed by atoms with van der Waals surface area (Å²) in [5, 5.41) is 13.7. The van der Waals surface area contributed by atoms with E-state index in [1.54, 1.807) is 42.6 Å². The maximum Gasteiger partial charge on any atom is 0.255 e. The van der Waals surface area contributed by atoms with Gasteiger partial charge in [0.25, 0.3) is 5.91 Å². The second kappa shape index (κ2) is 5.01. The summed E-state index contributed by atoms with van der Waals surface area (Å²) in [5.74, 6) is -0.288. The van der Waals surface area contributed by atoms with E-state index in [0.29, 0.717) is 16.8 Å². The number of amides is 1. The number of nitrogens with one attached hydrogen (secondary N) is 1. The number of aromatic hydroxyl groups is 1. The fourth-order valence-corrected chi connectivity index (χ4v) is 2.01. The van der Waals surface area contributed by atoms with Gasteiger partial charge in [-0.1, -0.05) is 30.3 Å². The molecule has 1 amide bonds. The predicted molar refractivity (Wildman–Crippen MR) is 77.8 cm³/mol. The first-order valence-corrected chi connectivity index (χ1v) is 6.19. The van der Waals surface area contributed by atoms with Gasteiger partial charge in [-0.05, 0) is 24.3 Å². The van der Waals surface area contributed by atoms with Gasteiger partial charge in [0, 0.05) is 17.1 Å². The quantitative estimate of drug-likeness (QED) is 0.699. The summed E-state index contributed by atoms with van der Waals surface area (Å²) in [4.78, 5) is 16.2. The Kier molecular flexibility index (Phi) is 3.05. The summed E-state index contributed by atoms with van der Waals surface area (Å²) in [5.41, 5.74) is 1.36. The van der Waals surface area contributed by atoms with Crippen LogP contribution in [0.3, 0.4) is 0 Å². The molecular formula is C16H12N2O2. The van der Waals surface area contributed by atoms with Gasteiger partial charge in [0.15, 0.2) is 5.75 Å². The largest absolute Gasteiger partial charge is 0.504 e. The van der Waals surface area contributed by atoms with E-state index < -0.39 is 0 Å². The van der Waals surface area contributed by atoms with Gasteiger partial charge in [-0.2, -0.15) is 0 Å². The molecule has 0 spiro atoms. The third-order valence-corrected chi connectivity index (χ3v) is 3.03. The number of benzene rings is 2. The molecule has 0 saturated carbocycles. The maximum absolute atomic E-state index is 12.1. The Balaban J connectivity index is 1.95. The zero-order valence-electron chi connectivity index (χ0n) is 10.6. The van der Waals surface area contributed by atoms with Crippen LogP contribution in [0.2, 0.25) is 0 Å². The van der Waals surface area contributed by atoms with Crippen molar-refractivity contribution >= 4 is 22.5 Å². The molecule has 0 unspecified atom stereocenters. The first-order valence-electron chi connectivity index (χ1n) is 6.19. The molecule has 0 atom stereocenters. The van der Waals surface area contributed by atoms with Crippen molar-refractivity contribution in [3.05, 3.63) is 66.4 Å². The van der Waals surface area contributed by atoms with E-state index in [4.69, 9.17) is 0 Å². The van der Waals surface area contributed by atoms with Crippen molar-refractivity contribution in [3.8, 4) is 5.75 Å². The molecule has 0 fully saturated rings. The van der Waals surface area contributed by atoms with Crippen LogP contribution in [-0.4, -0.2) is 16.0 Å². The lowest BCUT2D eigenvalue weighted by molar-refractivity contribution is 0.102. The van der Waals surface area contributed by atoms with Gasteiger partial charge in [0.2, 0.25) is 0 Å². The molecule has 0 saturated heterocycles. The molecule has 0 bridgehead atoms. The van der Waals surface area contributed by atoms with E-state index in [-0.39, 0.29) is 11.7 Å². The highest BCUT2D eigenvalue weighted by Crippen LogP contribution is 2.31. The summed E-state index contributed by atoms with van der Waals surface area (Å²) in [6.07, 6.45) is 1.60. The highest BCUT2D eigenvalue weighted by atomic mass is 16.3. The van der Waals surface area contributed by atoms with Crippen LogP contribution in [0.5, 0.6) is 5.75 Å². The highest BCUT2D eigenvalue weighted by molar-refractivity contribution is 6.06. The molecule has 0 radical (unpaired) electrons. The number of fused-ring (bicyclic) bond motifs is 1. The lowest BCUT2D eigenvalue weighted by atomic mass is 10.1. The number of hydrogen-bond acceptors (Lipinski definition) is 3. The van der Waals surface area contributed by atoms with Crippen LogP contribution in [0, 0.1) is 0 Å². The van der Waals surface area contributed by atoms with Gasteiger partial charge < -0.3 is 10.4 Å². The van der Waals surface area contributed by atoms with E-state index >= 15 is 0 Å². The van der Waals surface area contributed by atoms with Crippen molar-refractivity contribution in [1.29, 1.82) is 0 Å².